The van der Waals surface area contributed by atoms with Gasteiger partial charge < -0.3 is 9.64 Å². The van der Waals surface area contributed by atoms with Crippen LogP contribution in [0.1, 0.15) is 0 Å². The summed E-state index contributed by atoms with van der Waals surface area (Å²) in [7, 11) is 1.59. The van der Waals surface area contributed by atoms with Crippen LogP contribution >= 0.6 is 11.3 Å². The predicted octanol–water partition coefficient (Wildman–Crippen LogP) is -0.730. The molecule has 0 aromatic carbocycles. The molecule has 1 aromatic rings. The van der Waals surface area contributed by atoms with Crippen LogP contribution in [0.2, 0.25) is 0 Å². The monoisotopic (exact) mass is 285 g/mol. The van der Waals surface area contributed by atoms with Crippen molar-refractivity contribution < 1.29 is 9.53 Å². The second-order valence-corrected chi connectivity index (χ2v) is 5.19. The maximum Gasteiger partial charge on any atom is 0.253 e. The van der Waals surface area contributed by atoms with Gasteiger partial charge in [-0.2, -0.15) is 0 Å². The van der Waals surface area contributed by atoms with E-state index in [4.69, 9.17) is 10.6 Å². The molecule has 3 N–H and O–H groups in total. The number of carbonyl (C=O) groups excluding carboxylic acids is 1. The Bertz CT molecular complexity index is 392. The fourth-order valence-corrected chi connectivity index (χ4v) is 2.89. The highest BCUT2D eigenvalue weighted by molar-refractivity contribution is 7.13. The van der Waals surface area contributed by atoms with Gasteiger partial charge in [-0.25, -0.2) is 10.8 Å². The number of amides is 1. The molecule has 2 heterocycles. The highest BCUT2D eigenvalue weighted by Crippen LogP contribution is 2.19. The second kappa shape index (κ2) is 6.80. The first-order chi connectivity index (χ1) is 9.26. The lowest BCUT2D eigenvalue weighted by Crippen LogP contribution is -2.57. The standard InChI is InChI=1S/C11H19N5O2S/c1-18-8-9(10(17)14-12)15-3-5-16(6-4-15)11-13-2-7-19-11/h2,7,9H,3-6,8,12H2,1H3,(H,14,17). The molecule has 1 aliphatic rings. The lowest BCUT2D eigenvalue weighted by atomic mass is 10.2. The van der Waals surface area contributed by atoms with Gasteiger partial charge in [0.05, 0.1) is 6.61 Å². The summed E-state index contributed by atoms with van der Waals surface area (Å²) >= 11 is 1.63. The van der Waals surface area contributed by atoms with Crippen LogP contribution in [0.5, 0.6) is 0 Å². The maximum absolute atomic E-state index is 11.7. The third-order valence-corrected chi connectivity index (χ3v) is 4.05. The number of anilines is 1. The van der Waals surface area contributed by atoms with E-state index in [9.17, 15) is 4.79 Å². The number of piperazine rings is 1. The third kappa shape index (κ3) is 3.41. The van der Waals surface area contributed by atoms with Crippen LogP contribution in [0.4, 0.5) is 5.13 Å². The number of aromatic nitrogens is 1. The fraction of sp³-hybridized carbons (Fsp3) is 0.636. The third-order valence-electron chi connectivity index (χ3n) is 3.21. The summed E-state index contributed by atoms with van der Waals surface area (Å²) in [5.41, 5.74) is 2.20. The normalized spacial score (nSPS) is 18.3. The molecule has 106 valence electrons. The van der Waals surface area contributed by atoms with E-state index in [1.54, 1.807) is 18.4 Å². The SMILES string of the molecule is COCC(C(=O)NN)N1CCN(c2nccs2)CC1. The molecule has 8 heteroatoms. The topological polar surface area (TPSA) is 83.7 Å². The predicted molar refractivity (Wildman–Crippen MR) is 73.9 cm³/mol. The van der Waals surface area contributed by atoms with E-state index in [1.807, 2.05) is 11.6 Å². The van der Waals surface area contributed by atoms with Gasteiger partial charge in [0, 0.05) is 44.9 Å². The van der Waals surface area contributed by atoms with Crippen LogP contribution < -0.4 is 16.2 Å². The van der Waals surface area contributed by atoms with Crippen molar-refractivity contribution in [3.05, 3.63) is 11.6 Å². The van der Waals surface area contributed by atoms with Crippen molar-refractivity contribution >= 4 is 22.4 Å². The van der Waals surface area contributed by atoms with Crippen molar-refractivity contribution in [1.82, 2.24) is 15.3 Å². The summed E-state index contributed by atoms with van der Waals surface area (Å²) in [5, 5.41) is 3.00. The van der Waals surface area contributed by atoms with E-state index >= 15 is 0 Å². The minimum Gasteiger partial charge on any atom is -0.383 e. The first-order valence-electron chi connectivity index (χ1n) is 6.14. The van der Waals surface area contributed by atoms with Crippen LogP contribution in [-0.4, -0.2) is 61.7 Å². The van der Waals surface area contributed by atoms with Gasteiger partial charge in [-0.3, -0.25) is 15.1 Å². The van der Waals surface area contributed by atoms with Crippen molar-refractivity contribution in [2.75, 3.05) is 44.8 Å². The smallest absolute Gasteiger partial charge is 0.253 e. The Hall–Kier alpha value is -1.22. The molecule has 2 rings (SSSR count). The highest BCUT2D eigenvalue weighted by atomic mass is 32.1. The van der Waals surface area contributed by atoms with Crippen LogP contribution in [0, 0.1) is 0 Å². The summed E-state index contributed by atoms with van der Waals surface area (Å²) in [5.74, 6) is 5.01. The first-order valence-corrected chi connectivity index (χ1v) is 7.02. The lowest BCUT2D eigenvalue weighted by molar-refractivity contribution is -0.128. The molecule has 1 amide bonds. The molecular formula is C11H19N5O2S. The van der Waals surface area contributed by atoms with Gasteiger partial charge >= 0.3 is 0 Å². The van der Waals surface area contributed by atoms with Crippen LogP contribution in [0.25, 0.3) is 0 Å². The van der Waals surface area contributed by atoms with Crippen LogP contribution in [-0.2, 0) is 9.53 Å². The lowest BCUT2D eigenvalue weighted by Gasteiger charge is -2.38. The van der Waals surface area contributed by atoms with Gasteiger partial charge in [-0.05, 0) is 0 Å². The molecule has 0 aliphatic carbocycles. The number of rotatable bonds is 5. The van der Waals surface area contributed by atoms with E-state index in [0.29, 0.717) is 6.61 Å². The minimum absolute atomic E-state index is 0.204. The molecule has 1 aromatic heterocycles. The number of nitrogens with two attached hydrogens (primary N) is 1. The van der Waals surface area contributed by atoms with E-state index in [1.165, 1.54) is 0 Å². The van der Waals surface area contributed by atoms with Gasteiger partial charge in [0.1, 0.15) is 6.04 Å². The average molecular weight is 285 g/mol. The van der Waals surface area contributed by atoms with Gasteiger partial charge in [0.25, 0.3) is 5.91 Å². The number of thiazole rings is 1. The summed E-state index contributed by atoms with van der Waals surface area (Å²) in [6.07, 6.45) is 1.81. The molecular weight excluding hydrogens is 266 g/mol. The molecule has 0 spiro atoms. The fourth-order valence-electron chi connectivity index (χ4n) is 2.20. The Morgan fingerprint density at radius 3 is 2.84 bits per heavy atom. The molecule has 7 nitrogen and oxygen atoms in total. The molecule has 1 unspecified atom stereocenters. The first kappa shape index (κ1) is 14.2. The van der Waals surface area contributed by atoms with Crippen molar-refractivity contribution in [2.45, 2.75) is 6.04 Å². The quantitative estimate of drug-likeness (QED) is 0.422. The number of ether oxygens (including phenoxy) is 1. The molecule has 19 heavy (non-hydrogen) atoms. The summed E-state index contributed by atoms with van der Waals surface area (Å²) in [6, 6.07) is -0.326. The Morgan fingerprint density at radius 1 is 1.58 bits per heavy atom. The van der Waals surface area contributed by atoms with Gasteiger partial charge in [-0.1, -0.05) is 0 Å². The maximum atomic E-state index is 11.7. The van der Waals surface area contributed by atoms with Gasteiger partial charge in [-0.15, -0.1) is 11.3 Å². The summed E-state index contributed by atoms with van der Waals surface area (Å²) < 4.78 is 5.10. The Morgan fingerprint density at radius 2 is 2.32 bits per heavy atom. The van der Waals surface area contributed by atoms with Crippen molar-refractivity contribution in [3.63, 3.8) is 0 Å². The van der Waals surface area contributed by atoms with Crippen LogP contribution in [0.15, 0.2) is 11.6 Å². The van der Waals surface area contributed by atoms with E-state index in [0.717, 1.165) is 31.3 Å². The zero-order valence-corrected chi connectivity index (χ0v) is 11.7. The Labute approximate surface area is 116 Å². The zero-order chi connectivity index (χ0) is 13.7. The van der Waals surface area contributed by atoms with Gasteiger partial charge in [0.15, 0.2) is 5.13 Å². The molecule has 1 atom stereocenters. The molecule has 1 saturated heterocycles. The summed E-state index contributed by atoms with van der Waals surface area (Å²) in [4.78, 5) is 20.3. The minimum atomic E-state index is -0.326. The van der Waals surface area contributed by atoms with Crippen molar-refractivity contribution in [2.24, 2.45) is 5.84 Å². The van der Waals surface area contributed by atoms with Crippen LogP contribution in [0.3, 0.4) is 0 Å². The number of hydrogen-bond acceptors (Lipinski definition) is 7. The number of hydrogen-bond donors (Lipinski definition) is 2. The molecule has 0 radical (unpaired) electrons. The van der Waals surface area contributed by atoms with Crippen molar-refractivity contribution in [1.29, 1.82) is 0 Å². The number of nitrogens with one attached hydrogen (secondary N) is 1. The average Bonchev–Trinajstić information content (AvgIpc) is 2.98. The highest BCUT2D eigenvalue weighted by Gasteiger charge is 2.29. The molecule has 1 aliphatic heterocycles. The largest absolute Gasteiger partial charge is 0.383 e. The molecule has 0 bridgehead atoms. The van der Waals surface area contributed by atoms with E-state index in [-0.39, 0.29) is 11.9 Å². The molecule has 0 saturated carbocycles. The summed E-state index contributed by atoms with van der Waals surface area (Å²) in [6.45, 7) is 3.64. The zero-order valence-electron chi connectivity index (χ0n) is 10.9. The number of methoxy groups -OCH3 is 1. The van der Waals surface area contributed by atoms with E-state index in [2.05, 4.69) is 20.2 Å². The van der Waals surface area contributed by atoms with Crippen molar-refractivity contribution in [3.8, 4) is 0 Å². The Balaban J connectivity index is 1.92. The molecule has 1 fully saturated rings. The van der Waals surface area contributed by atoms with Gasteiger partial charge in [0.2, 0.25) is 0 Å². The number of nitrogens with zero attached hydrogens (tertiary/aromatic N) is 3. The Kier molecular flexibility index (Phi) is 5.08. The van der Waals surface area contributed by atoms with E-state index < -0.39 is 0 Å². The second-order valence-electron chi connectivity index (χ2n) is 4.32. The number of carbonyl (C=O) groups is 1. The number of hydrazine groups is 1.